The number of rotatable bonds is 4. The van der Waals surface area contributed by atoms with Crippen LogP contribution in [0.4, 0.5) is 0 Å². The Hall–Kier alpha value is -1.41. The molecular formula is C20H27NO. The normalized spacial score (nSPS) is 31.8. The van der Waals surface area contributed by atoms with E-state index in [1.54, 1.807) is 0 Å². The molecule has 2 fully saturated rings. The highest BCUT2D eigenvalue weighted by molar-refractivity contribution is 5.82. The second-order valence-electron chi connectivity index (χ2n) is 6.82. The topological polar surface area (TPSA) is 20.3 Å². The number of piperidine rings is 1. The van der Waals surface area contributed by atoms with Gasteiger partial charge in [0.2, 0.25) is 0 Å². The smallest absolute Gasteiger partial charge is 0.137 e. The van der Waals surface area contributed by atoms with Gasteiger partial charge in [-0.15, -0.1) is 0 Å². The molecule has 2 heteroatoms. The van der Waals surface area contributed by atoms with Gasteiger partial charge in [-0.2, -0.15) is 0 Å². The van der Waals surface area contributed by atoms with Crippen molar-refractivity contribution >= 4 is 11.9 Å². The molecule has 0 spiro atoms. The van der Waals surface area contributed by atoms with Crippen LogP contribution in [0.15, 0.2) is 30.3 Å². The highest BCUT2D eigenvalue weighted by Gasteiger charge is 2.48. The van der Waals surface area contributed by atoms with Crippen LogP contribution in [-0.2, 0) is 4.79 Å². The van der Waals surface area contributed by atoms with Crippen LogP contribution in [-0.4, -0.2) is 29.8 Å². The summed E-state index contributed by atoms with van der Waals surface area (Å²) in [5.74, 6) is 1.03. The maximum Gasteiger partial charge on any atom is 0.137 e. The number of benzene rings is 1. The van der Waals surface area contributed by atoms with Crippen LogP contribution in [0.2, 0.25) is 0 Å². The van der Waals surface area contributed by atoms with Gasteiger partial charge in [-0.05, 0) is 50.3 Å². The van der Waals surface area contributed by atoms with E-state index in [0.29, 0.717) is 30.2 Å². The van der Waals surface area contributed by atoms with Crippen molar-refractivity contribution in [3.05, 3.63) is 41.5 Å². The van der Waals surface area contributed by atoms with Crippen molar-refractivity contribution < 1.29 is 4.79 Å². The third kappa shape index (κ3) is 2.65. The van der Waals surface area contributed by atoms with Gasteiger partial charge >= 0.3 is 0 Å². The molecule has 0 amide bonds. The lowest BCUT2D eigenvalue weighted by molar-refractivity contribution is -0.126. The first-order valence-electron chi connectivity index (χ1n) is 8.63. The molecule has 3 rings (SSSR count). The monoisotopic (exact) mass is 297 g/mol. The summed E-state index contributed by atoms with van der Waals surface area (Å²) in [6.45, 7) is 4.05. The maximum absolute atomic E-state index is 12.6. The zero-order valence-corrected chi connectivity index (χ0v) is 14.0. The molecule has 0 radical (unpaired) electrons. The lowest BCUT2D eigenvalue weighted by Crippen LogP contribution is -2.48. The summed E-state index contributed by atoms with van der Waals surface area (Å²) in [5.41, 5.74) is 2.59. The zero-order valence-electron chi connectivity index (χ0n) is 14.0. The van der Waals surface area contributed by atoms with E-state index in [1.165, 1.54) is 24.0 Å². The van der Waals surface area contributed by atoms with Crippen LogP contribution in [0.3, 0.4) is 0 Å². The highest BCUT2D eigenvalue weighted by Crippen LogP contribution is 2.46. The average Bonchev–Trinajstić information content (AvgIpc) is 2.77. The predicted octanol–water partition coefficient (Wildman–Crippen LogP) is 4.27. The number of hydrogen-bond acceptors (Lipinski definition) is 2. The largest absolute Gasteiger partial charge is 0.300 e. The summed E-state index contributed by atoms with van der Waals surface area (Å²) in [6, 6.07) is 9.95. The first-order valence-corrected chi connectivity index (χ1v) is 8.63. The number of carbonyl (C=O) groups excluding carboxylic acids is 1. The van der Waals surface area contributed by atoms with Gasteiger partial charge in [0.1, 0.15) is 5.78 Å². The van der Waals surface area contributed by atoms with Gasteiger partial charge in [-0.1, -0.05) is 43.3 Å². The summed E-state index contributed by atoms with van der Waals surface area (Å²) in [6.07, 6.45) is 8.41. The Morgan fingerprint density at radius 2 is 2.00 bits per heavy atom. The second kappa shape index (κ2) is 6.37. The summed E-state index contributed by atoms with van der Waals surface area (Å²) < 4.78 is 0. The number of hydrogen-bond donors (Lipinski definition) is 0. The fraction of sp³-hybridized carbons (Fsp3) is 0.550. The van der Waals surface area contributed by atoms with E-state index in [1.807, 2.05) is 13.8 Å². The molecule has 2 bridgehead atoms. The second-order valence-corrected chi connectivity index (χ2v) is 6.82. The molecule has 0 N–H and O–H groups in total. The highest BCUT2D eigenvalue weighted by atomic mass is 16.1. The Morgan fingerprint density at radius 1 is 1.27 bits per heavy atom. The zero-order chi connectivity index (χ0) is 15.7. The summed E-state index contributed by atoms with van der Waals surface area (Å²) >= 11 is 0. The molecule has 0 aromatic heterocycles. The predicted molar refractivity (Wildman–Crippen MR) is 91.9 cm³/mol. The summed E-state index contributed by atoms with van der Waals surface area (Å²) in [7, 11) is 2.21. The minimum absolute atomic E-state index is 0.182. The molecule has 1 aromatic rings. The number of fused-ring (bicyclic) bond motifs is 2. The molecule has 2 heterocycles. The number of ketones is 1. The summed E-state index contributed by atoms with van der Waals surface area (Å²) in [4.78, 5) is 15.1. The fourth-order valence-corrected chi connectivity index (χ4v) is 4.53. The van der Waals surface area contributed by atoms with Gasteiger partial charge in [0.05, 0.1) is 0 Å². The van der Waals surface area contributed by atoms with Gasteiger partial charge in [-0.3, -0.25) is 9.69 Å². The van der Waals surface area contributed by atoms with E-state index in [-0.39, 0.29) is 5.92 Å². The Morgan fingerprint density at radius 3 is 2.64 bits per heavy atom. The maximum atomic E-state index is 12.6. The van der Waals surface area contributed by atoms with Crippen LogP contribution in [0.5, 0.6) is 0 Å². The number of Topliss-reactive ketones (excluding diaryl/α,β-unsaturated/α-hetero) is 1. The molecule has 0 aliphatic carbocycles. The van der Waals surface area contributed by atoms with E-state index < -0.39 is 0 Å². The average molecular weight is 297 g/mol. The van der Waals surface area contributed by atoms with Crippen molar-refractivity contribution in [1.29, 1.82) is 0 Å². The third-order valence-electron chi connectivity index (χ3n) is 5.71. The van der Waals surface area contributed by atoms with Crippen molar-refractivity contribution in [3.63, 3.8) is 0 Å². The molecule has 2 unspecified atom stereocenters. The van der Waals surface area contributed by atoms with Crippen LogP contribution in [0.25, 0.3) is 6.08 Å². The van der Waals surface area contributed by atoms with Crippen molar-refractivity contribution in [2.45, 2.75) is 57.5 Å². The Labute approximate surface area is 134 Å². The number of nitrogens with zero attached hydrogens (tertiary/aromatic N) is 1. The van der Waals surface area contributed by atoms with Crippen LogP contribution < -0.4 is 0 Å². The van der Waals surface area contributed by atoms with E-state index in [9.17, 15) is 4.79 Å². The minimum Gasteiger partial charge on any atom is -0.300 e. The molecule has 2 aliphatic heterocycles. The first-order chi connectivity index (χ1) is 10.7. The lowest BCUT2D eigenvalue weighted by Gasteiger charge is -2.42. The van der Waals surface area contributed by atoms with Crippen molar-refractivity contribution in [3.8, 4) is 0 Å². The van der Waals surface area contributed by atoms with Crippen molar-refractivity contribution in [2.75, 3.05) is 7.05 Å². The minimum atomic E-state index is 0.182. The Kier molecular flexibility index (Phi) is 4.49. The molecule has 1 aromatic carbocycles. The Bertz CT molecular complexity index is 560. The van der Waals surface area contributed by atoms with E-state index in [0.717, 1.165) is 6.42 Å². The molecule has 22 heavy (non-hydrogen) atoms. The van der Waals surface area contributed by atoms with Crippen LogP contribution in [0.1, 0.15) is 56.6 Å². The van der Waals surface area contributed by atoms with Crippen molar-refractivity contribution in [2.24, 2.45) is 5.92 Å². The molecule has 4 atom stereocenters. The molecule has 2 aliphatic rings. The van der Waals surface area contributed by atoms with Crippen LogP contribution in [0, 0.1) is 5.92 Å². The Balaban J connectivity index is 1.91. The quantitative estimate of drug-likeness (QED) is 0.827. The van der Waals surface area contributed by atoms with Gasteiger partial charge < -0.3 is 0 Å². The van der Waals surface area contributed by atoms with Gasteiger partial charge in [0.15, 0.2) is 0 Å². The van der Waals surface area contributed by atoms with Gasteiger partial charge in [0, 0.05) is 24.4 Å². The number of carbonyl (C=O) groups is 1. The standard InChI is InChI=1S/C20H27NO/c1-4-6-14-7-9-15(10-8-14)17-13-16-11-12-18(21(16)3)20(17)19(22)5-2/h4,6-10,16-18,20H,5,11-13H2,1-3H3/b6-4+/t16?,17-,18?,20+/m1/s1. The SMILES string of the molecule is C/C=C/c1ccc([C@H]2CC3CCC([C@H]2C(=O)CC)N3C)cc1. The first kappa shape index (κ1) is 15.5. The fourth-order valence-electron chi connectivity index (χ4n) is 4.53. The molecule has 0 saturated carbocycles. The summed E-state index contributed by atoms with van der Waals surface area (Å²) in [5, 5.41) is 0. The van der Waals surface area contributed by atoms with E-state index in [4.69, 9.17) is 0 Å². The van der Waals surface area contributed by atoms with Gasteiger partial charge in [0.25, 0.3) is 0 Å². The lowest BCUT2D eigenvalue weighted by atomic mass is 9.73. The van der Waals surface area contributed by atoms with E-state index >= 15 is 0 Å². The van der Waals surface area contributed by atoms with Crippen molar-refractivity contribution in [1.82, 2.24) is 4.90 Å². The molecule has 2 saturated heterocycles. The molecular weight excluding hydrogens is 270 g/mol. The van der Waals surface area contributed by atoms with E-state index in [2.05, 4.69) is 48.4 Å². The molecule has 2 nitrogen and oxygen atoms in total. The van der Waals surface area contributed by atoms with Crippen LogP contribution >= 0.6 is 0 Å². The van der Waals surface area contributed by atoms with Gasteiger partial charge in [-0.25, -0.2) is 0 Å². The third-order valence-corrected chi connectivity index (χ3v) is 5.71. The number of allylic oxidation sites excluding steroid dienone is 1. The molecule has 118 valence electrons.